The van der Waals surface area contributed by atoms with Crippen LogP contribution in [0.4, 0.5) is 11.4 Å². The second kappa shape index (κ2) is 3.54. The van der Waals surface area contributed by atoms with Gasteiger partial charge in [-0.25, -0.2) is 0 Å². The Bertz CT molecular complexity index is 537. The standard InChI is InChI=1S/C13H11NO2/c15-8-9-4-3-6-11-13(9)16-12-7-2-1-5-10(12)14-11/h1-7,14-15H,8H2. The zero-order valence-corrected chi connectivity index (χ0v) is 8.60. The van der Waals surface area contributed by atoms with Crippen LogP contribution in [-0.2, 0) is 6.61 Å². The van der Waals surface area contributed by atoms with E-state index in [1.54, 1.807) is 0 Å². The Labute approximate surface area is 93.3 Å². The summed E-state index contributed by atoms with van der Waals surface area (Å²) < 4.78 is 5.78. The maximum absolute atomic E-state index is 9.23. The first-order valence-corrected chi connectivity index (χ1v) is 5.15. The summed E-state index contributed by atoms with van der Waals surface area (Å²) in [6, 6.07) is 13.4. The van der Waals surface area contributed by atoms with Gasteiger partial charge in [-0.05, 0) is 18.2 Å². The van der Waals surface area contributed by atoms with E-state index in [2.05, 4.69) is 5.32 Å². The summed E-state index contributed by atoms with van der Waals surface area (Å²) in [5, 5.41) is 12.5. The lowest BCUT2D eigenvalue weighted by atomic mass is 10.1. The third-order valence-corrected chi connectivity index (χ3v) is 2.64. The van der Waals surface area contributed by atoms with E-state index in [0.29, 0.717) is 5.75 Å². The highest BCUT2D eigenvalue weighted by Crippen LogP contribution is 2.43. The van der Waals surface area contributed by atoms with Gasteiger partial charge in [0.05, 0.1) is 18.0 Å². The van der Waals surface area contributed by atoms with Gasteiger partial charge in [0, 0.05) is 5.56 Å². The van der Waals surface area contributed by atoms with E-state index in [1.165, 1.54) is 0 Å². The zero-order valence-electron chi connectivity index (χ0n) is 8.60. The molecule has 0 aliphatic carbocycles. The van der Waals surface area contributed by atoms with Crippen LogP contribution in [0.15, 0.2) is 42.5 Å². The van der Waals surface area contributed by atoms with Gasteiger partial charge in [-0.2, -0.15) is 0 Å². The molecule has 0 radical (unpaired) electrons. The fraction of sp³-hybridized carbons (Fsp3) is 0.0769. The molecular formula is C13H11NO2. The summed E-state index contributed by atoms with van der Waals surface area (Å²) >= 11 is 0. The van der Waals surface area contributed by atoms with Crippen molar-refractivity contribution in [3.63, 3.8) is 0 Å². The van der Waals surface area contributed by atoms with Crippen molar-refractivity contribution in [2.75, 3.05) is 5.32 Å². The van der Waals surface area contributed by atoms with Crippen LogP contribution in [0.2, 0.25) is 0 Å². The summed E-state index contributed by atoms with van der Waals surface area (Å²) in [6.07, 6.45) is 0. The van der Waals surface area contributed by atoms with Gasteiger partial charge in [-0.15, -0.1) is 0 Å². The second-order valence-electron chi connectivity index (χ2n) is 3.68. The van der Waals surface area contributed by atoms with E-state index in [4.69, 9.17) is 4.74 Å². The molecule has 0 bridgehead atoms. The lowest BCUT2D eigenvalue weighted by Gasteiger charge is -2.23. The smallest absolute Gasteiger partial charge is 0.156 e. The summed E-state index contributed by atoms with van der Waals surface area (Å²) in [5.41, 5.74) is 2.63. The molecule has 3 heteroatoms. The Kier molecular flexibility index (Phi) is 2.04. The van der Waals surface area contributed by atoms with E-state index in [1.807, 2.05) is 42.5 Å². The molecule has 3 nitrogen and oxygen atoms in total. The maximum atomic E-state index is 9.23. The molecule has 80 valence electrons. The van der Waals surface area contributed by atoms with Crippen molar-refractivity contribution >= 4 is 11.4 Å². The fourth-order valence-electron chi connectivity index (χ4n) is 1.84. The molecule has 0 spiro atoms. The number of aliphatic hydroxyl groups is 1. The van der Waals surface area contributed by atoms with Crippen LogP contribution in [0.1, 0.15) is 5.56 Å². The van der Waals surface area contributed by atoms with Crippen LogP contribution in [0.25, 0.3) is 0 Å². The Hall–Kier alpha value is -2.00. The largest absolute Gasteiger partial charge is 0.453 e. The van der Waals surface area contributed by atoms with Crippen molar-refractivity contribution in [3.05, 3.63) is 48.0 Å². The van der Waals surface area contributed by atoms with E-state index in [9.17, 15) is 5.11 Å². The van der Waals surface area contributed by atoms with Crippen molar-refractivity contribution in [2.24, 2.45) is 0 Å². The summed E-state index contributed by atoms with van der Waals surface area (Å²) in [7, 11) is 0. The first kappa shape index (κ1) is 9.24. The molecule has 1 heterocycles. The van der Waals surface area contributed by atoms with E-state index in [-0.39, 0.29) is 6.61 Å². The number of anilines is 2. The van der Waals surface area contributed by atoms with Crippen molar-refractivity contribution < 1.29 is 9.84 Å². The van der Waals surface area contributed by atoms with Crippen LogP contribution < -0.4 is 10.1 Å². The van der Waals surface area contributed by atoms with Gasteiger partial charge in [0.1, 0.15) is 0 Å². The van der Waals surface area contributed by atoms with Gasteiger partial charge >= 0.3 is 0 Å². The minimum Gasteiger partial charge on any atom is -0.453 e. The molecule has 1 aliphatic heterocycles. The van der Waals surface area contributed by atoms with Gasteiger partial charge in [0.25, 0.3) is 0 Å². The number of fused-ring (bicyclic) bond motifs is 2. The summed E-state index contributed by atoms with van der Waals surface area (Å²) in [5.74, 6) is 1.50. The highest BCUT2D eigenvalue weighted by atomic mass is 16.5. The van der Waals surface area contributed by atoms with Crippen LogP contribution in [0, 0.1) is 0 Å². The molecule has 0 saturated carbocycles. The molecule has 0 unspecified atom stereocenters. The zero-order chi connectivity index (χ0) is 11.0. The number of aliphatic hydroxyl groups excluding tert-OH is 1. The monoisotopic (exact) mass is 213 g/mol. The molecule has 0 saturated heterocycles. The van der Waals surface area contributed by atoms with E-state index >= 15 is 0 Å². The number of hydrogen-bond donors (Lipinski definition) is 2. The Morgan fingerprint density at radius 2 is 1.81 bits per heavy atom. The third-order valence-electron chi connectivity index (χ3n) is 2.64. The second-order valence-corrected chi connectivity index (χ2v) is 3.68. The average Bonchev–Trinajstić information content (AvgIpc) is 2.35. The molecule has 2 aromatic rings. The molecule has 0 fully saturated rings. The first-order chi connectivity index (χ1) is 7.88. The highest BCUT2D eigenvalue weighted by Gasteiger charge is 2.17. The van der Waals surface area contributed by atoms with Gasteiger partial charge in [-0.3, -0.25) is 0 Å². The molecule has 0 atom stereocenters. The molecule has 1 aliphatic rings. The Morgan fingerprint density at radius 3 is 2.69 bits per heavy atom. The highest BCUT2D eigenvalue weighted by molar-refractivity contribution is 5.76. The minimum atomic E-state index is -0.0208. The maximum Gasteiger partial charge on any atom is 0.156 e. The molecule has 0 amide bonds. The quantitative estimate of drug-likeness (QED) is 0.652. The van der Waals surface area contributed by atoms with E-state index in [0.717, 1.165) is 22.7 Å². The summed E-state index contributed by atoms with van der Waals surface area (Å²) in [4.78, 5) is 0. The molecule has 0 aromatic heterocycles. The van der Waals surface area contributed by atoms with Gasteiger partial charge in [0.15, 0.2) is 11.5 Å². The van der Waals surface area contributed by atoms with E-state index < -0.39 is 0 Å². The van der Waals surface area contributed by atoms with Crippen molar-refractivity contribution in [1.29, 1.82) is 0 Å². The Morgan fingerprint density at radius 1 is 1.00 bits per heavy atom. The fourth-order valence-corrected chi connectivity index (χ4v) is 1.84. The number of ether oxygens (including phenoxy) is 1. The number of rotatable bonds is 1. The van der Waals surface area contributed by atoms with Crippen molar-refractivity contribution in [2.45, 2.75) is 6.61 Å². The first-order valence-electron chi connectivity index (χ1n) is 5.15. The molecular weight excluding hydrogens is 202 g/mol. The van der Waals surface area contributed by atoms with Crippen molar-refractivity contribution in [3.8, 4) is 11.5 Å². The molecule has 2 aromatic carbocycles. The SMILES string of the molecule is OCc1cccc2c1Oc1ccccc1N2. The summed E-state index contributed by atoms with van der Waals surface area (Å²) in [6.45, 7) is -0.0208. The normalized spacial score (nSPS) is 12.1. The predicted octanol–water partition coefficient (Wildman–Crippen LogP) is 3.03. The van der Waals surface area contributed by atoms with Crippen LogP contribution >= 0.6 is 0 Å². The molecule has 3 rings (SSSR count). The van der Waals surface area contributed by atoms with Crippen LogP contribution in [0.3, 0.4) is 0 Å². The van der Waals surface area contributed by atoms with Crippen molar-refractivity contribution in [1.82, 2.24) is 0 Å². The minimum absolute atomic E-state index is 0.0208. The number of para-hydroxylation sites is 3. The van der Waals surface area contributed by atoms with Crippen LogP contribution in [-0.4, -0.2) is 5.11 Å². The Balaban J connectivity index is 2.12. The average molecular weight is 213 g/mol. The lowest BCUT2D eigenvalue weighted by molar-refractivity contribution is 0.276. The number of hydrogen-bond acceptors (Lipinski definition) is 3. The number of benzene rings is 2. The topological polar surface area (TPSA) is 41.5 Å². The van der Waals surface area contributed by atoms with Gasteiger partial charge < -0.3 is 15.2 Å². The lowest BCUT2D eigenvalue weighted by Crippen LogP contribution is -2.04. The molecule has 2 N–H and O–H groups in total. The number of nitrogens with one attached hydrogen (secondary N) is 1. The molecule has 16 heavy (non-hydrogen) atoms. The third kappa shape index (κ3) is 1.33. The predicted molar refractivity (Wildman–Crippen MR) is 62.2 cm³/mol. The van der Waals surface area contributed by atoms with Gasteiger partial charge in [0.2, 0.25) is 0 Å². The van der Waals surface area contributed by atoms with Gasteiger partial charge in [-0.1, -0.05) is 24.3 Å². The van der Waals surface area contributed by atoms with Crippen LogP contribution in [0.5, 0.6) is 11.5 Å².